The third-order valence-electron chi connectivity index (χ3n) is 6.32. The van der Waals surface area contributed by atoms with Gasteiger partial charge in [-0.15, -0.1) is 0 Å². The van der Waals surface area contributed by atoms with Gasteiger partial charge in [-0.1, -0.05) is 38.1 Å². The molecule has 206 valence electrons. The van der Waals surface area contributed by atoms with Gasteiger partial charge in [-0.2, -0.15) is 5.10 Å². The van der Waals surface area contributed by atoms with Gasteiger partial charge < -0.3 is 20.2 Å². The Morgan fingerprint density at radius 3 is 2.46 bits per heavy atom. The summed E-state index contributed by atoms with van der Waals surface area (Å²) in [6.07, 6.45) is 7.21. The van der Waals surface area contributed by atoms with Crippen LogP contribution in [0.25, 0.3) is 22.5 Å². The molecule has 1 fully saturated rings. The first-order valence-corrected chi connectivity index (χ1v) is 13.3. The van der Waals surface area contributed by atoms with Gasteiger partial charge in [0.15, 0.2) is 11.6 Å². The number of rotatable bonds is 9. The van der Waals surface area contributed by atoms with E-state index in [1.165, 1.54) is 0 Å². The van der Waals surface area contributed by atoms with Crippen LogP contribution in [0.3, 0.4) is 0 Å². The van der Waals surface area contributed by atoms with E-state index in [1.54, 1.807) is 22.1 Å². The molecule has 1 saturated heterocycles. The van der Waals surface area contributed by atoms with Crippen LogP contribution in [0.5, 0.6) is 5.75 Å². The number of aromatic nitrogens is 4. The first kappa shape index (κ1) is 28.0. The molecule has 0 unspecified atom stereocenters. The van der Waals surface area contributed by atoms with Gasteiger partial charge in [0.1, 0.15) is 6.61 Å². The lowest BCUT2D eigenvalue weighted by Gasteiger charge is -2.26. The molecule has 10 heteroatoms. The second-order valence-electron chi connectivity index (χ2n) is 9.05. The molecule has 10 nitrogen and oxygen atoms in total. The maximum absolute atomic E-state index is 6.46. The predicted molar refractivity (Wildman–Crippen MR) is 155 cm³/mol. The van der Waals surface area contributed by atoms with Crippen LogP contribution in [0, 0.1) is 0 Å². The highest BCUT2D eigenvalue weighted by Gasteiger charge is 2.12. The monoisotopic (exact) mass is 530 g/mol. The lowest BCUT2D eigenvalue weighted by Crippen LogP contribution is -2.38. The minimum Gasteiger partial charge on any atom is -0.489 e. The third kappa shape index (κ3) is 7.53. The summed E-state index contributed by atoms with van der Waals surface area (Å²) in [5.41, 5.74) is 11.5. The molecule has 4 aromatic rings. The summed E-state index contributed by atoms with van der Waals surface area (Å²) < 4.78 is 13.0. The summed E-state index contributed by atoms with van der Waals surface area (Å²) in [6.45, 7) is 9.37. The van der Waals surface area contributed by atoms with Crippen LogP contribution in [0.1, 0.15) is 19.4 Å². The highest BCUT2D eigenvalue weighted by Crippen LogP contribution is 2.29. The second kappa shape index (κ2) is 13.7. The van der Waals surface area contributed by atoms with E-state index in [4.69, 9.17) is 21.1 Å². The molecule has 4 N–H and O–H groups in total. The Hall–Kier alpha value is -3.99. The second-order valence-corrected chi connectivity index (χ2v) is 9.05. The number of ether oxygens (including phenoxy) is 2. The summed E-state index contributed by atoms with van der Waals surface area (Å²) in [5.74, 6) is 7.75. The molecule has 0 bridgehead atoms. The molecule has 0 atom stereocenters. The van der Waals surface area contributed by atoms with Crippen molar-refractivity contribution < 1.29 is 9.47 Å². The van der Waals surface area contributed by atoms with Crippen molar-refractivity contribution in [1.29, 1.82) is 0 Å². The van der Waals surface area contributed by atoms with E-state index in [2.05, 4.69) is 20.0 Å². The van der Waals surface area contributed by atoms with Crippen LogP contribution >= 0.6 is 0 Å². The van der Waals surface area contributed by atoms with Crippen molar-refractivity contribution in [3.8, 4) is 28.3 Å². The number of nitrogens with zero attached hydrogens (tertiary/aromatic N) is 6. The van der Waals surface area contributed by atoms with Crippen LogP contribution in [-0.2, 0) is 18.3 Å². The number of hydrogen-bond donors (Lipinski definition) is 2. The average molecular weight is 531 g/mol. The summed E-state index contributed by atoms with van der Waals surface area (Å²) in [7, 11) is 1.89. The van der Waals surface area contributed by atoms with Crippen molar-refractivity contribution in [1.82, 2.24) is 24.6 Å². The van der Waals surface area contributed by atoms with Crippen molar-refractivity contribution >= 4 is 11.4 Å². The lowest BCUT2D eigenvalue weighted by atomic mass is 10.1. The van der Waals surface area contributed by atoms with Gasteiger partial charge in [0.05, 0.1) is 49.7 Å². The maximum atomic E-state index is 6.46. The van der Waals surface area contributed by atoms with Gasteiger partial charge >= 0.3 is 0 Å². The van der Waals surface area contributed by atoms with E-state index >= 15 is 0 Å². The molecule has 1 aliphatic rings. The van der Waals surface area contributed by atoms with E-state index < -0.39 is 0 Å². The molecule has 0 spiro atoms. The van der Waals surface area contributed by atoms with E-state index in [-0.39, 0.29) is 0 Å². The molecule has 0 aliphatic carbocycles. The summed E-state index contributed by atoms with van der Waals surface area (Å²) in [4.78, 5) is 11.4. The fourth-order valence-corrected chi connectivity index (χ4v) is 4.29. The number of anilines is 2. The Balaban J connectivity index is 0.00000172. The van der Waals surface area contributed by atoms with Gasteiger partial charge in [-0.25, -0.2) is 15.8 Å². The van der Waals surface area contributed by atoms with Crippen molar-refractivity contribution in [2.24, 2.45) is 12.9 Å². The van der Waals surface area contributed by atoms with Crippen LogP contribution in [0.4, 0.5) is 11.4 Å². The first-order valence-electron chi connectivity index (χ1n) is 13.3. The molecular formula is C29H38N8O2. The number of hydrazine groups is 1. The van der Waals surface area contributed by atoms with Gasteiger partial charge in [-0.05, 0) is 29.3 Å². The van der Waals surface area contributed by atoms with Gasteiger partial charge in [0.2, 0.25) is 0 Å². The lowest BCUT2D eigenvalue weighted by molar-refractivity contribution is 0.0322. The van der Waals surface area contributed by atoms with E-state index in [9.17, 15) is 0 Å². The SMILES string of the molecule is CC.Cn1cc(-c2ccc(N)c(N(N)Cc3cccc(-c4ncc(OCCN5CCOCC5)cn4)c3)c2)cn1. The Labute approximate surface area is 230 Å². The van der Waals surface area contributed by atoms with E-state index in [0.29, 0.717) is 30.4 Å². The fraction of sp³-hybridized carbons (Fsp3) is 0.345. The number of benzene rings is 2. The van der Waals surface area contributed by atoms with Gasteiger partial charge in [0, 0.05) is 44.0 Å². The zero-order chi connectivity index (χ0) is 27.6. The summed E-state index contributed by atoms with van der Waals surface area (Å²) >= 11 is 0. The standard InChI is InChI=1S/C27H32N8O2.C2H6/c1-33-19-23(15-32-33)21-5-6-25(28)26(14-21)35(29)18-20-3-2-4-22(13-20)27-30-16-24(17-31-27)37-12-9-34-7-10-36-11-8-34;1-2/h2-6,13-17,19H,7-12,18,28-29H2,1H3;1-2H3. The minimum absolute atomic E-state index is 0.470. The van der Waals surface area contributed by atoms with Crippen LogP contribution in [-0.4, -0.2) is 64.1 Å². The highest BCUT2D eigenvalue weighted by molar-refractivity contribution is 5.76. The third-order valence-corrected chi connectivity index (χ3v) is 6.32. The molecule has 5 rings (SSSR count). The molecule has 1 aliphatic heterocycles. The maximum Gasteiger partial charge on any atom is 0.159 e. The number of hydrogen-bond acceptors (Lipinski definition) is 9. The Bertz CT molecular complexity index is 1320. The van der Waals surface area contributed by atoms with Crippen molar-refractivity contribution in [2.45, 2.75) is 20.4 Å². The van der Waals surface area contributed by atoms with Gasteiger partial charge in [0.25, 0.3) is 0 Å². The zero-order valence-electron chi connectivity index (χ0n) is 23.0. The van der Waals surface area contributed by atoms with Crippen molar-refractivity contribution in [3.63, 3.8) is 0 Å². The number of morpholine rings is 1. The first-order chi connectivity index (χ1) is 19.0. The van der Waals surface area contributed by atoms with Crippen LogP contribution in [0.2, 0.25) is 0 Å². The molecule has 2 aromatic heterocycles. The number of nitrogens with two attached hydrogens (primary N) is 2. The van der Waals surface area contributed by atoms with E-state index in [0.717, 1.165) is 60.8 Å². The Morgan fingerprint density at radius 2 is 1.74 bits per heavy atom. The molecule has 2 aromatic carbocycles. The van der Waals surface area contributed by atoms with Crippen LogP contribution < -0.4 is 21.3 Å². The van der Waals surface area contributed by atoms with Crippen molar-refractivity contribution in [2.75, 3.05) is 50.2 Å². The topological polar surface area (TPSA) is 121 Å². The fourth-order valence-electron chi connectivity index (χ4n) is 4.29. The summed E-state index contributed by atoms with van der Waals surface area (Å²) in [6, 6.07) is 13.8. The number of aryl methyl sites for hydroxylation is 1. The van der Waals surface area contributed by atoms with Crippen LogP contribution in [0.15, 0.2) is 67.3 Å². The molecular weight excluding hydrogens is 492 g/mol. The molecule has 0 saturated carbocycles. The highest BCUT2D eigenvalue weighted by atomic mass is 16.5. The zero-order valence-corrected chi connectivity index (χ0v) is 23.0. The minimum atomic E-state index is 0.470. The normalized spacial score (nSPS) is 13.4. The molecule has 0 radical (unpaired) electrons. The largest absolute Gasteiger partial charge is 0.489 e. The quantitative estimate of drug-likeness (QED) is 0.189. The van der Waals surface area contributed by atoms with Gasteiger partial charge in [-0.3, -0.25) is 9.58 Å². The smallest absolute Gasteiger partial charge is 0.159 e. The van der Waals surface area contributed by atoms with E-state index in [1.807, 2.05) is 75.8 Å². The predicted octanol–water partition coefficient (Wildman–Crippen LogP) is 3.74. The molecule has 3 heterocycles. The molecule has 39 heavy (non-hydrogen) atoms. The molecule has 0 amide bonds. The van der Waals surface area contributed by atoms with Crippen molar-refractivity contribution in [3.05, 3.63) is 72.8 Å². The Kier molecular flexibility index (Phi) is 9.85. The average Bonchev–Trinajstić information content (AvgIpc) is 3.41. The Morgan fingerprint density at radius 1 is 0.974 bits per heavy atom. The summed E-state index contributed by atoms with van der Waals surface area (Å²) in [5, 5.41) is 5.90. The number of nitrogen functional groups attached to an aromatic ring is 1.